The lowest BCUT2D eigenvalue weighted by atomic mass is 10.0. The molecule has 1 N–H and O–H groups in total. The number of rotatable bonds is 5. The van der Waals surface area contributed by atoms with Crippen LogP contribution in [-0.4, -0.2) is 11.5 Å². The lowest BCUT2D eigenvalue weighted by molar-refractivity contribution is 0.451. The second-order valence-corrected chi connectivity index (χ2v) is 5.02. The summed E-state index contributed by atoms with van der Waals surface area (Å²) >= 11 is 0. The highest BCUT2D eigenvalue weighted by atomic mass is 19.1. The van der Waals surface area contributed by atoms with Crippen molar-refractivity contribution in [3.05, 3.63) is 29.8 Å². The summed E-state index contributed by atoms with van der Waals surface area (Å²) < 4.78 is 12.7. The monoisotopic (exact) mass is 236 g/mol. The van der Waals surface area contributed by atoms with Gasteiger partial charge in [0.15, 0.2) is 0 Å². The summed E-state index contributed by atoms with van der Waals surface area (Å²) in [4.78, 5) is 4.09. The highest BCUT2D eigenvalue weighted by Crippen LogP contribution is 2.27. The molecule has 0 radical (unpaired) electrons. The first kappa shape index (κ1) is 12.5. The third kappa shape index (κ3) is 3.77. The summed E-state index contributed by atoms with van der Waals surface area (Å²) in [7, 11) is 0. The fourth-order valence-corrected chi connectivity index (χ4v) is 2.55. The molecule has 17 heavy (non-hydrogen) atoms. The Morgan fingerprint density at radius 3 is 2.82 bits per heavy atom. The van der Waals surface area contributed by atoms with Gasteiger partial charge in [-0.05, 0) is 37.9 Å². The number of hydrogen-bond acceptors (Lipinski definition) is 2. The second-order valence-electron chi connectivity index (χ2n) is 5.02. The lowest BCUT2D eigenvalue weighted by Crippen LogP contribution is -2.22. The van der Waals surface area contributed by atoms with Crippen LogP contribution in [0, 0.1) is 11.7 Å². The zero-order valence-corrected chi connectivity index (χ0v) is 10.5. The van der Waals surface area contributed by atoms with E-state index in [1.54, 1.807) is 6.07 Å². The largest absolute Gasteiger partial charge is 0.309 e. The average molecular weight is 236 g/mol. The second kappa shape index (κ2) is 6.10. The number of nitrogens with one attached hydrogen (secondary N) is 1. The molecule has 1 atom stereocenters. The Bertz CT molecular complexity index is 331. The van der Waals surface area contributed by atoms with Crippen LogP contribution in [-0.2, 0) is 0 Å². The molecule has 0 bridgehead atoms. The third-order valence-electron chi connectivity index (χ3n) is 3.67. The number of aromatic nitrogens is 1. The molecule has 0 aromatic carbocycles. The SMILES string of the molecule is CC(NCCC1CCCC1)c1ccc(F)cn1. The van der Waals surface area contributed by atoms with Crippen molar-refractivity contribution in [2.45, 2.75) is 45.1 Å². The minimum absolute atomic E-state index is 0.206. The van der Waals surface area contributed by atoms with Crippen LogP contribution in [0.15, 0.2) is 18.3 Å². The fraction of sp³-hybridized carbons (Fsp3) is 0.643. The summed E-state index contributed by atoms with van der Waals surface area (Å²) in [6.45, 7) is 3.11. The first-order chi connectivity index (χ1) is 8.25. The maximum Gasteiger partial charge on any atom is 0.141 e. The predicted octanol–water partition coefficient (Wildman–Crippen LogP) is 3.45. The van der Waals surface area contributed by atoms with Gasteiger partial charge in [-0.15, -0.1) is 0 Å². The van der Waals surface area contributed by atoms with Crippen LogP contribution in [0.4, 0.5) is 4.39 Å². The summed E-state index contributed by atoms with van der Waals surface area (Å²) in [5.74, 6) is 0.641. The van der Waals surface area contributed by atoms with Crippen LogP contribution < -0.4 is 5.32 Å². The van der Waals surface area contributed by atoms with Crippen molar-refractivity contribution in [3.8, 4) is 0 Å². The van der Waals surface area contributed by atoms with Crippen molar-refractivity contribution in [1.29, 1.82) is 0 Å². The topological polar surface area (TPSA) is 24.9 Å². The molecule has 1 aliphatic rings. The van der Waals surface area contributed by atoms with Gasteiger partial charge < -0.3 is 5.32 Å². The molecule has 1 fully saturated rings. The maximum atomic E-state index is 12.7. The van der Waals surface area contributed by atoms with E-state index in [0.717, 1.165) is 18.2 Å². The van der Waals surface area contributed by atoms with E-state index in [4.69, 9.17) is 0 Å². The molecule has 0 spiro atoms. The van der Waals surface area contributed by atoms with Gasteiger partial charge >= 0.3 is 0 Å². The third-order valence-corrected chi connectivity index (χ3v) is 3.67. The van der Waals surface area contributed by atoms with E-state index in [1.165, 1.54) is 44.4 Å². The highest BCUT2D eigenvalue weighted by molar-refractivity contribution is 5.08. The fourth-order valence-electron chi connectivity index (χ4n) is 2.55. The van der Waals surface area contributed by atoms with Gasteiger partial charge in [0, 0.05) is 6.04 Å². The zero-order valence-electron chi connectivity index (χ0n) is 10.5. The Hall–Kier alpha value is -0.960. The molecular formula is C14H21FN2. The molecule has 0 saturated heterocycles. The summed E-state index contributed by atoms with van der Waals surface area (Å²) in [5, 5.41) is 3.46. The molecule has 0 amide bonds. The van der Waals surface area contributed by atoms with Crippen LogP contribution in [0.3, 0.4) is 0 Å². The molecule has 2 rings (SSSR count). The van der Waals surface area contributed by atoms with Crippen molar-refractivity contribution in [2.75, 3.05) is 6.54 Å². The van der Waals surface area contributed by atoms with E-state index in [2.05, 4.69) is 17.2 Å². The van der Waals surface area contributed by atoms with Crippen LogP contribution in [0.2, 0.25) is 0 Å². The van der Waals surface area contributed by atoms with Gasteiger partial charge in [0.05, 0.1) is 11.9 Å². The molecular weight excluding hydrogens is 215 g/mol. The Morgan fingerprint density at radius 2 is 2.18 bits per heavy atom. The molecule has 0 aliphatic heterocycles. The Morgan fingerprint density at radius 1 is 1.41 bits per heavy atom. The standard InChI is InChI=1S/C14H21FN2/c1-11(14-7-6-13(15)10-17-14)16-9-8-12-4-2-3-5-12/h6-7,10-12,16H,2-5,8-9H2,1H3. The van der Waals surface area contributed by atoms with E-state index in [0.29, 0.717) is 0 Å². The number of hydrogen-bond donors (Lipinski definition) is 1. The van der Waals surface area contributed by atoms with Gasteiger partial charge in [0.25, 0.3) is 0 Å². The molecule has 1 aromatic rings. The van der Waals surface area contributed by atoms with E-state index in [1.807, 2.05) is 0 Å². The summed E-state index contributed by atoms with van der Waals surface area (Å²) in [6, 6.07) is 3.43. The predicted molar refractivity (Wildman–Crippen MR) is 67.2 cm³/mol. The van der Waals surface area contributed by atoms with Gasteiger partial charge in [-0.25, -0.2) is 4.39 Å². The molecule has 1 aromatic heterocycles. The van der Waals surface area contributed by atoms with Crippen molar-refractivity contribution in [3.63, 3.8) is 0 Å². The van der Waals surface area contributed by atoms with Crippen molar-refractivity contribution >= 4 is 0 Å². The van der Waals surface area contributed by atoms with Crippen LogP contribution in [0.5, 0.6) is 0 Å². The highest BCUT2D eigenvalue weighted by Gasteiger charge is 2.15. The molecule has 1 saturated carbocycles. The van der Waals surface area contributed by atoms with Crippen LogP contribution in [0.25, 0.3) is 0 Å². The molecule has 2 nitrogen and oxygen atoms in total. The summed E-state index contributed by atoms with van der Waals surface area (Å²) in [5.41, 5.74) is 0.915. The Labute approximate surface area is 103 Å². The average Bonchev–Trinajstić information content (AvgIpc) is 2.83. The smallest absolute Gasteiger partial charge is 0.141 e. The van der Waals surface area contributed by atoms with E-state index >= 15 is 0 Å². The molecule has 1 aliphatic carbocycles. The van der Waals surface area contributed by atoms with Crippen molar-refractivity contribution in [1.82, 2.24) is 10.3 Å². The van der Waals surface area contributed by atoms with Gasteiger partial charge in [-0.3, -0.25) is 4.98 Å². The Kier molecular flexibility index (Phi) is 4.49. The first-order valence-corrected chi connectivity index (χ1v) is 6.60. The first-order valence-electron chi connectivity index (χ1n) is 6.60. The molecule has 1 heterocycles. The molecule has 3 heteroatoms. The maximum absolute atomic E-state index is 12.7. The number of pyridine rings is 1. The number of nitrogens with zero attached hydrogens (tertiary/aromatic N) is 1. The van der Waals surface area contributed by atoms with Gasteiger partial charge in [-0.2, -0.15) is 0 Å². The van der Waals surface area contributed by atoms with Crippen molar-refractivity contribution in [2.24, 2.45) is 5.92 Å². The normalized spacial score (nSPS) is 18.5. The Balaban J connectivity index is 1.72. The number of halogens is 1. The van der Waals surface area contributed by atoms with Crippen molar-refractivity contribution < 1.29 is 4.39 Å². The van der Waals surface area contributed by atoms with Gasteiger partial charge in [-0.1, -0.05) is 25.7 Å². The van der Waals surface area contributed by atoms with Crippen LogP contribution >= 0.6 is 0 Å². The van der Waals surface area contributed by atoms with E-state index in [-0.39, 0.29) is 11.9 Å². The minimum Gasteiger partial charge on any atom is -0.309 e. The lowest BCUT2D eigenvalue weighted by Gasteiger charge is -2.15. The van der Waals surface area contributed by atoms with Gasteiger partial charge in [0.1, 0.15) is 5.82 Å². The van der Waals surface area contributed by atoms with E-state index in [9.17, 15) is 4.39 Å². The van der Waals surface area contributed by atoms with E-state index < -0.39 is 0 Å². The van der Waals surface area contributed by atoms with Crippen LogP contribution in [0.1, 0.15) is 50.8 Å². The minimum atomic E-state index is -0.271. The summed E-state index contributed by atoms with van der Waals surface area (Å²) in [6.07, 6.45) is 8.13. The molecule has 94 valence electrons. The van der Waals surface area contributed by atoms with Gasteiger partial charge in [0.2, 0.25) is 0 Å². The molecule has 1 unspecified atom stereocenters. The quantitative estimate of drug-likeness (QED) is 0.847. The zero-order chi connectivity index (χ0) is 12.1.